The Morgan fingerprint density at radius 3 is 2.71 bits per heavy atom. The summed E-state index contributed by atoms with van der Waals surface area (Å²) in [5, 5.41) is 2.77. The molecule has 2 aromatic carbocycles. The molecule has 6 rings (SSSR count). The Bertz CT molecular complexity index is 1210. The molecule has 0 aliphatic carbocycles. The van der Waals surface area contributed by atoms with E-state index in [4.69, 9.17) is 11.6 Å². The number of imide groups is 1. The van der Waals surface area contributed by atoms with Crippen molar-refractivity contribution in [2.75, 3.05) is 16.8 Å². The molecule has 2 aromatic rings. The van der Waals surface area contributed by atoms with Crippen LogP contribution in [-0.2, 0) is 19.9 Å². The smallest absolute Gasteiger partial charge is 0.250 e. The molecule has 4 atom stereocenters. The SMILES string of the molecule is O=C1[C@H]2[C@@H](C(=O)N1c1ccc(F)c(Cl)c1)[C@]1(C(=O)Nc3ccc(Br)cc31)N1CCC[C@@H]21. The van der Waals surface area contributed by atoms with Crippen molar-refractivity contribution in [3.05, 3.63) is 57.3 Å². The second kappa shape index (κ2) is 6.37. The van der Waals surface area contributed by atoms with Gasteiger partial charge in [-0.25, -0.2) is 9.29 Å². The number of benzene rings is 2. The Balaban J connectivity index is 1.56. The predicted octanol–water partition coefficient (Wildman–Crippen LogP) is 3.67. The zero-order valence-corrected chi connectivity index (χ0v) is 18.4. The molecule has 0 aromatic heterocycles. The number of amides is 3. The molecule has 158 valence electrons. The number of rotatable bonds is 1. The van der Waals surface area contributed by atoms with Crippen LogP contribution in [0, 0.1) is 17.7 Å². The van der Waals surface area contributed by atoms with E-state index in [-0.39, 0.29) is 28.6 Å². The molecule has 0 bridgehead atoms. The fraction of sp³-hybridized carbons (Fsp3) is 0.318. The average Bonchev–Trinajstić information content (AvgIpc) is 3.43. The molecule has 31 heavy (non-hydrogen) atoms. The van der Waals surface area contributed by atoms with E-state index in [2.05, 4.69) is 26.1 Å². The third-order valence-corrected chi connectivity index (χ3v) is 7.90. The first-order valence-electron chi connectivity index (χ1n) is 10.1. The topological polar surface area (TPSA) is 69.7 Å². The average molecular weight is 505 g/mol. The van der Waals surface area contributed by atoms with Crippen LogP contribution in [0.15, 0.2) is 40.9 Å². The van der Waals surface area contributed by atoms with Gasteiger partial charge in [-0.2, -0.15) is 0 Å². The van der Waals surface area contributed by atoms with Gasteiger partial charge in [-0.1, -0.05) is 27.5 Å². The van der Waals surface area contributed by atoms with E-state index in [9.17, 15) is 18.8 Å². The van der Waals surface area contributed by atoms with E-state index >= 15 is 0 Å². The van der Waals surface area contributed by atoms with Crippen LogP contribution in [0.25, 0.3) is 0 Å². The molecule has 3 fully saturated rings. The Hall–Kier alpha value is -2.29. The van der Waals surface area contributed by atoms with Crippen LogP contribution in [0.4, 0.5) is 15.8 Å². The Labute approximate surface area is 190 Å². The van der Waals surface area contributed by atoms with Gasteiger partial charge in [-0.3, -0.25) is 19.3 Å². The van der Waals surface area contributed by atoms with Crippen molar-refractivity contribution in [3.8, 4) is 0 Å². The second-order valence-corrected chi connectivity index (χ2v) is 9.75. The Morgan fingerprint density at radius 1 is 1.13 bits per heavy atom. The standard InChI is InChI=1S/C22H16BrClFN3O3/c23-10-3-6-15-12(8-10)22(21(31)26-15)18-17(16-2-1-7-27(16)22)19(29)28(20(18)30)11-4-5-14(25)13(24)9-11/h3-6,8-9,16-18H,1-2,7H2,(H,26,31)/t16-,17+,18-,22+/m0/s1. The van der Waals surface area contributed by atoms with Crippen molar-refractivity contribution >= 4 is 56.6 Å². The van der Waals surface area contributed by atoms with E-state index in [0.717, 1.165) is 28.3 Å². The predicted molar refractivity (Wildman–Crippen MR) is 115 cm³/mol. The van der Waals surface area contributed by atoms with Gasteiger partial charge in [0.25, 0.3) is 0 Å². The first kappa shape index (κ1) is 19.4. The highest BCUT2D eigenvalue weighted by Crippen LogP contribution is 2.60. The molecule has 0 radical (unpaired) electrons. The van der Waals surface area contributed by atoms with Crippen molar-refractivity contribution in [1.82, 2.24) is 4.90 Å². The highest BCUT2D eigenvalue weighted by molar-refractivity contribution is 9.10. The number of nitrogens with zero attached hydrogens (tertiary/aromatic N) is 2. The van der Waals surface area contributed by atoms with E-state index in [0.29, 0.717) is 17.8 Å². The molecular formula is C22H16BrClFN3O3. The number of hydrogen-bond donors (Lipinski definition) is 1. The number of anilines is 2. The van der Waals surface area contributed by atoms with Crippen molar-refractivity contribution in [1.29, 1.82) is 0 Å². The molecule has 9 heteroatoms. The minimum atomic E-state index is -1.24. The molecule has 1 spiro atoms. The zero-order chi connectivity index (χ0) is 21.7. The maximum atomic E-state index is 13.8. The minimum absolute atomic E-state index is 0.166. The zero-order valence-electron chi connectivity index (χ0n) is 16.1. The number of carbonyl (C=O) groups is 3. The van der Waals surface area contributed by atoms with Crippen LogP contribution in [0.2, 0.25) is 5.02 Å². The first-order chi connectivity index (χ1) is 14.9. The largest absolute Gasteiger partial charge is 0.324 e. The third kappa shape index (κ3) is 2.28. The molecular weight excluding hydrogens is 489 g/mol. The number of nitrogens with one attached hydrogen (secondary N) is 1. The summed E-state index contributed by atoms with van der Waals surface area (Å²) in [5.41, 5.74) is 0.355. The van der Waals surface area contributed by atoms with Crippen LogP contribution in [0.3, 0.4) is 0 Å². The highest BCUT2D eigenvalue weighted by Gasteiger charge is 2.74. The van der Waals surface area contributed by atoms with Crippen molar-refractivity contribution in [3.63, 3.8) is 0 Å². The van der Waals surface area contributed by atoms with Gasteiger partial charge in [0.1, 0.15) is 11.4 Å². The van der Waals surface area contributed by atoms with Gasteiger partial charge in [0.05, 0.1) is 22.5 Å². The summed E-state index contributed by atoms with van der Waals surface area (Å²) in [6, 6.07) is 9.09. The van der Waals surface area contributed by atoms with E-state index < -0.39 is 29.1 Å². The van der Waals surface area contributed by atoms with E-state index in [1.807, 2.05) is 18.2 Å². The maximum Gasteiger partial charge on any atom is 0.250 e. The summed E-state index contributed by atoms with van der Waals surface area (Å²) in [6.07, 6.45) is 1.58. The molecule has 1 N–H and O–H groups in total. The summed E-state index contributed by atoms with van der Waals surface area (Å²) < 4.78 is 14.5. The van der Waals surface area contributed by atoms with Gasteiger partial charge in [-0.15, -0.1) is 0 Å². The first-order valence-corrected chi connectivity index (χ1v) is 11.2. The molecule has 3 amide bonds. The van der Waals surface area contributed by atoms with E-state index in [1.54, 1.807) is 0 Å². The van der Waals surface area contributed by atoms with Gasteiger partial charge in [0.2, 0.25) is 17.7 Å². The number of hydrogen-bond acceptors (Lipinski definition) is 4. The quantitative estimate of drug-likeness (QED) is 0.602. The van der Waals surface area contributed by atoms with Crippen molar-refractivity contribution in [2.45, 2.75) is 24.4 Å². The summed E-state index contributed by atoms with van der Waals surface area (Å²) >= 11 is 9.40. The van der Waals surface area contributed by atoms with Crippen LogP contribution < -0.4 is 10.2 Å². The highest BCUT2D eigenvalue weighted by atomic mass is 79.9. The molecule has 4 aliphatic heterocycles. The lowest BCUT2D eigenvalue weighted by molar-refractivity contribution is -0.135. The summed E-state index contributed by atoms with van der Waals surface area (Å²) in [7, 11) is 0. The molecule has 0 saturated carbocycles. The van der Waals surface area contributed by atoms with Gasteiger partial charge < -0.3 is 5.32 Å². The van der Waals surface area contributed by atoms with E-state index in [1.165, 1.54) is 12.1 Å². The Kier molecular flexibility index (Phi) is 3.99. The Morgan fingerprint density at radius 2 is 1.94 bits per heavy atom. The third-order valence-electron chi connectivity index (χ3n) is 7.12. The van der Waals surface area contributed by atoms with Crippen molar-refractivity contribution < 1.29 is 18.8 Å². The monoisotopic (exact) mass is 503 g/mol. The normalized spacial score (nSPS) is 31.4. The number of halogens is 3. The summed E-state index contributed by atoms with van der Waals surface area (Å²) in [6.45, 7) is 0.639. The van der Waals surface area contributed by atoms with Crippen LogP contribution in [-0.4, -0.2) is 35.2 Å². The second-order valence-electron chi connectivity index (χ2n) is 8.43. The lowest BCUT2D eigenvalue weighted by Gasteiger charge is -2.36. The van der Waals surface area contributed by atoms with Gasteiger partial charge in [0, 0.05) is 21.8 Å². The number of carbonyl (C=O) groups excluding carboxylic acids is 3. The molecule has 4 aliphatic rings. The summed E-state index contributed by atoms with van der Waals surface area (Å²) in [5.74, 6) is -3.21. The molecule has 4 heterocycles. The van der Waals surface area contributed by atoms with Gasteiger partial charge in [0.15, 0.2) is 0 Å². The minimum Gasteiger partial charge on any atom is -0.324 e. The van der Waals surface area contributed by atoms with Crippen molar-refractivity contribution in [2.24, 2.45) is 11.8 Å². The molecule has 0 unspecified atom stereocenters. The fourth-order valence-corrected chi connectivity index (χ4v) is 6.59. The van der Waals surface area contributed by atoms with Gasteiger partial charge in [-0.05, 0) is 55.8 Å². The van der Waals surface area contributed by atoms with Gasteiger partial charge >= 0.3 is 0 Å². The fourth-order valence-electron chi connectivity index (χ4n) is 6.05. The molecule has 6 nitrogen and oxygen atoms in total. The maximum absolute atomic E-state index is 13.8. The lowest BCUT2D eigenvalue weighted by atomic mass is 9.75. The number of fused-ring (bicyclic) bond motifs is 7. The lowest BCUT2D eigenvalue weighted by Crippen LogP contribution is -2.54. The molecule has 3 saturated heterocycles. The van der Waals surface area contributed by atoms with Crippen LogP contribution in [0.5, 0.6) is 0 Å². The van der Waals surface area contributed by atoms with Crippen LogP contribution >= 0.6 is 27.5 Å². The summed E-state index contributed by atoms with van der Waals surface area (Å²) in [4.78, 5) is 44.0. The van der Waals surface area contributed by atoms with Crippen LogP contribution in [0.1, 0.15) is 18.4 Å².